The maximum Gasteiger partial charge on any atom is 0.335 e. The van der Waals surface area contributed by atoms with E-state index in [1.165, 1.54) is 12.3 Å². The zero-order valence-corrected chi connectivity index (χ0v) is 25.6. The van der Waals surface area contributed by atoms with Gasteiger partial charge in [0, 0.05) is 17.1 Å². The Bertz CT molecular complexity index is 1770. The van der Waals surface area contributed by atoms with Crippen LogP contribution in [0.25, 0.3) is 5.69 Å². The molecule has 0 spiro atoms. The smallest absolute Gasteiger partial charge is 0.335 e. The standard InChI is InChI=1S/C33H28IN3O6/c1-21-6-7-22(2)37(21)26-9-11-27(12-10-26)41-20-28-13-15-31(43-28)32(38)36-35-18-23-8-14-30(29(34)17-23)42-19-24-4-3-5-25(16-24)33(39)40/h3-18H,19-20H2,1-2H3,(H,36,38)(H,39,40)/b35-18+. The number of carbonyl (C=O) groups is 2. The molecule has 0 aliphatic carbocycles. The van der Waals surface area contributed by atoms with Crippen molar-refractivity contribution in [2.24, 2.45) is 5.10 Å². The number of amides is 1. The fraction of sp³-hybridized carbons (Fsp3) is 0.121. The molecule has 43 heavy (non-hydrogen) atoms. The van der Waals surface area contributed by atoms with Crippen molar-refractivity contribution in [1.29, 1.82) is 0 Å². The molecule has 2 aromatic heterocycles. The Hall–Kier alpha value is -4.84. The number of hydrazone groups is 1. The number of carbonyl (C=O) groups excluding carboxylic acids is 1. The highest BCUT2D eigenvalue weighted by molar-refractivity contribution is 14.1. The lowest BCUT2D eigenvalue weighted by molar-refractivity contribution is 0.0696. The van der Waals surface area contributed by atoms with Gasteiger partial charge in [-0.15, -0.1) is 0 Å². The summed E-state index contributed by atoms with van der Waals surface area (Å²) in [5, 5.41) is 13.2. The SMILES string of the molecule is Cc1ccc(C)n1-c1ccc(OCc2ccc(C(=O)N/N=C/c3ccc(OCc4cccc(C(=O)O)c4)c(I)c3)o2)cc1. The third-order valence-electron chi connectivity index (χ3n) is 6.54. The van der Waals surface area contributed by atoms with E-state index in [0.717, 1.165) is 31.8 Å². The first-order chi connectivity index (χ1) is 20.8. The zero-order valence-electron chi connectivity index (χ0n) is 23.4. The number of halogens is 1. The van der Waals surface area contributed by atoms with Crippen LogP contribution in [0.15, 0.2) is 101 Å². The van der Waals surface area contributed by atoms with Gasteiger partial charge in [-0.1, -0.05) is 12.1 Å². The van der Waals surface area contributed by atoms with E-state index in [1.807, 2.05) is 36.4 Å². The predicted molar refractivity (Wildman–Crippen MR) is 170 cm³/mol. The number of aryl methyl sites for hydroxylation is 2. The van der Waals surface area contributed by atoms with Crippen molar-refractivity contribution in [2.45, 2.75) is 27.1 Å². The van der Waals surface area contributed by atoms with Gasteiger partial charge in [-0.2, -0.15) is 5.10 Å². The van der Waals surface area contributed by atoms with E-state index in [2.05, 4.69) is 63.7 Å². The maximum absolute atomic E-state index is 12.5. The molecule has 0 atom stereocenters. The predicted octanol–water partition coefficient (Wildman–Crippen LogP) is 6.91. The molecule has 0 bridgehead atoms. The van der Waals surface area contributed by atoms with E-state index in [1.54, 1.807) is 36.4 Å². The second kappa shape index (κ2) is 13.4. The van der Waals surface area contributed by atoms with Crippen molar-refractivity contribution >= 4 is 40.7 Å². The number of ether oxygens (including phenoxy) is 2. The van der Waals surface area contributed by atoms with Gasteiger partial charge in [0.2, 0.25) is 0 Å². The molecule has 0 radical (unpaired) electrons. The molecule has 10 heteroatoms. The van der Waals surface area contributed by atoms with Crippen LogP contribution < -0.4 is 14.9 Å². The molecule has 5 rings (SSSR count). The minimum atomic E-state index is -0.982. The molecule has 9 nitrogen and oxygen atoms in total. The lowest BCUT2D eigenvalue weighted by atomic mass is 10.1. The molecule has 0 unspecified atom stereocenters. The number of aromatic nitrogens is 1. The second-order valence-corrected chi connectivity index (χ2v) is 10.8. The molecule has 5 aromatic rings. The molecule has 0 saturated heterocycles. The van der Waals surface area contributed by atoms with Crippen LogP contribution in [0.4, 0.5) is 0 Å². The zero-order chi connectivity index (χ0) is 30.3. The van der Waals surface area contributed by atoms with Crippen molar-refractivity contribution in [2.75, 3.05) is 0 Å². The van der Waals surface area contributed by atoms with Gasteiger partial charge in [0.1, 0.15) is 30.5 Å². The number of nitrogens with zero attached hydrogens (tertiary/aromatic N) is 2. The molecule has 0 fully saturated rings. The van der Waals surface area contributed by atoms with Gasteiger partial charge in [0.05, 0.1) is 15.3 Å². The van der Waals surface area contributed by atoms with Crippen molar-refractivity contribution in [3.05, 3.63) is 134 Å². The number of hydrogen-bond donors (Lipinski definition) is 2. The summed E-state index contributed by atoms with van der Waals surface area (Å²) in [6, 6.07) is 27.3. The van der Waals surface area contributed by atoms with Crippen LogP contribution in [0.5, 0.6) is 11.5 Å². The van der Waals surface area contributed by atoms with Crippen LogP contribution in [-0.4, -0.2) is 27.8 Å². The third kappa shape index (κ3) is 7.52. The summed E-state index contributed by atoms with van der Waals surface area (Å²) in [6.07, 6.45) is 1.52. The van der Waals surface area contributed by atoms with Crippen LogP contribution in [0, 0.1) is 17.4 Å². The number of rotatable bonds is 11. The summed E-state index contributed by atoms with van der Waals surface area (Å²) in [4.78, 5) is 23.7. The van der Waals surface area contributed by atoms with Gasteiger partial charge in [-0.3, -0.25) is 4.79 Å². The highest BCUT2D eigenvalue weighted by Gasteiger charge is 2.12. The van der Waals surface area contributed by atoms with Gasteiger partial charge < -0.3 is 23.6 Å². The molecule has 0 aliphatic heterocycles. The number of carboxylic acid groups (broad SMARTS) is 1. The highest BCUT2D eigenvalue weighted by Crippen LogP contribution is 2.23. The van der Waals surface area contributed by atoms with Gasteiger partial charge in [0.15, 0.2) is 5.76 Å². The molecular formula is C33H28IN3O6. The largest absolute Gasteiger partial charge is 0.488 e. The number of benzene rings is 3. The monoisotopic (exact) mass is 689 g/mol. The fourth-order valence-corrected chi connectivity index (χ4v) is 5.08. The van der Waals surface area contributed by atoms with E-state index in [9.17, 15) is 9.59 Å². The summed E-state index contributed by atoms with van der Waals surface area (Å²) in [6.45, 7) is 4.54. The van der Waals surface area contributed by atoms with E-state index < -0.39 is 11.9 Å². The Labute approximate surface area is 261 Å². The van der Waals surface area contributed by atoms with E-state index >= 15 is 0 Å². The fourth-order valence-electron chi connectivity index (χ4n) is 4.39. The summed E-state index contributed by atoms with van der Waals surface area (Å²) in [5.74, 6) is 0.504. The average Bonchev–Trinajstić information content (AvgIpc) is 3.62. The first-order valence-electron chi connectivity index (χ1n) is 13.3. The summed E-state index contributed by atoms with van der Waals surface area (Å²) in [5.41, 5.74) is 7.57. The maximum atomic E-state index is 12.5. The van der Waals surface area contributed by atoms with Crippen LogP contribution in [0.1, 0.15) is 49.2 Å². The first-order valence-corrected chi connectivity index (χ1v) is 14.4. The Morgan fingerprint density at radius 1 is 0.930 bits per heavy atom. The van der Waals surface area contributed by atoms with Crippen molar-refractivity contribution < 1.29 is 28.6 Å². The van der Waals surface area contributed by atoms with E-state index in [4.69, 9.17) is 19.0 Å². The average molecular weight is 690 g/mol. The molecule has 2 heterocycles. The van der Waals surface area contributed by atoms with E-state index in [-0.39, 0.29) is 24.5 Å². The van der Waals surface area contributed by atoms with Gasteiger partial charge in [-0.05, 0) is 126 Å². The molecule has 218 valence electrons. The third-order valence-corrected chi connectivity index (χ3v) is 7.38. The normalized spacial score (nSPS) is 11.0. The van der Waals surface area contributed by atoms with Gasteiger partial charge in [0.25, 0.3) is 0 Å². The van der Waals surface area contributed by atoms with Crippen LogP contribution >= 0.6 is 22.6 Å². The number of nitrogens with one attached hydrogen (secondary N) is 1. The second-order valence-electron chi connectivity index (χ2n) is 9.68. The van der Waals surface area contributed by atoms with Crippen molar-refractivity contribution in [3.8, 4) is 17.2 Å². The Morgan fingerprint density at radius 2 is 1.70 bits per heavy atom. The molecule has 3 aromatic carbocycles. The quantitative estimate of drug-likeness (QED) is 0.0885. The first kappa shape index (κ1) is 29.6. The summed E-state index contributed by atoms with van der Waals surface area (Å²) < 4.78 is 20.3. The van der Waals surface area contributed by atoms with Gasteiger partial charge >= 0.3 is 11.9 Å². The Balaban J connectivity index is 1.10. The lowest BCUT2D eigenvalue weighted by Crippen LogP contribution is -2.16. The summed E-state index contributed by atoms with van der Waals surface area (Å²) >= 11 is 2.15. The van der Waals surface area contributed by atoms with Crippen LogP contribution in [0.3, 0.4) is 0 Å². The number of furan rings is 1. The van der Waals surface area contributed by atoms with Crippen molar-refractivity contribution in [1.82, 2.24) is 9.99 Å². The van der Waals surface area contributed by atoms with Crippen LogP contribution in [0.2, 0.25) is 0 Å². The van der Waals surface area contributed by atoms with Crippen LogP contribution in [-0.2, 0) is 13.2 Å². The topological polar surface area (TPSA) is 115 Å². The summed E-state index contributed by atoms with van der Waals surface area (Å²) in [7, 11) is 0. The lowest BCUT2D eigenvalue weighted by Gasteiger charge is -2.10. The molecule has 0 aliphatic rings. The number of hydrogen-bond acceptors (Lipinski definition) is 6. The number of carboxylic acids is 1. The molecule has 1 amide bonds. The minimum absolute atomic E-state index is 0.120. The molecular weight excluding hydrogens is 661 g/mol. The van der Waals surface area contributed by atoms with Gasteiger partial charge in [-0.25, -0.2) is 10.2 Å². The number of aromatic carboxylic acids is 1. The van der Waals surface area contributed by atoms with E-state index in [0.29, 0.717) is 17.3 Å². The minimum Gasteiger partial charge on any atom is -0.488 e. The highest BCUT2D eigenvalue weighted by atomic mass is 127. The van der Waals surface area contributed by atoms with Crippen molar-refractivity contribution in [3.63, 3.8) is 0 Å². The molecule has 2 N–H and O–H groups in total. The molecule has 0 saturated carbocycles. The Kier molecular flexibility index (Phi) is 9.26. The Morgan fingerprint density at radius 3 is 2.42 bits per heavy atom.